The molecule has 192 valence electrons. The molecule has 1 saturated heterocycles. The van der Waals surface area contributed by atoms with Gasteiger partial charge in [-0.3, -0.25) is 9.78 Å². The van der Waals surface area contributed by atoms with E-state index in [0.29, 0.717) is 34.3 Å². The van der Waals surface area contributed by atoms with E-state index in [1.165, 1.54) is 0 Å². The van der Waals surface area contributed by atoms with Gasteiger partial charge in [-0.25, -0.2) is 4.98 Å². The van der Waals surface area contributed by atoms with Crippen LogP contribution in [0.4, 0.5) is 0 Å². The lowest BCUT2D eigenvalue weighted by molar-refractivity contribution is 0.0363. The van der Waals surface area contributed by atoms with Crippen LogP contribution in [0.2, 0.25) is 5.02 Å². The average molecular weight is 516 g/mol. The van der Waals surface area contributed by atoms with E-state index >= 15 is 0 Å². The summed E-state index contributed by atoms with van der Waals surface area (Å²) < 4.78 is 6.28. The van der Waals surface area contributed by atoms with Crippen LogP contribution in [-0.2, 0) is 5.41 Å². The number of pyridine rings is 2. The number of furan rings is 1. The first-order valence-electron chi connectivity index (χ1n) is 12.9. The Hall–Kier alpha value is -3.18. The molecule has 0 saturated carbocycles. The van der Waals surface area contributed by atoms with E-state index in [2.05, 4.69) is 52.8 Å². The van der Waals surface area contributed by atoms with Crippen LogP contribution in [-0.4, -0.2) is 32.9 Å². The highest BCUT2D eigenvalue weighted by Crippen LogP contribution is 2.39. The fraction of sp³-hybridized carbons (Fsp3) is 0.387. The van der Waals surface area contributed by atoms with Crippen LogP contribution in [0.15, 0.2) is 59.0 Å². The zero-order valence-electron chi connectivity index (χ0n) is 22.4. The van der Waals surface area contributed by atoms with Gasteiger partial charge in [0.2, 0.25) is 0 Å². The number of fused-ring (bicyclic) bond motifs is 1. The first-order chi connectivity index (χ1) is 17.4. The van der Waals surface area contributed by atoms with E-state index in [9.17, 15) is 4.79 Å². The minimum Gasteiger partial charge on any atom is -0.449 e. The van der Waals surface area contributed by atoms with E-state index in [-0.39, 0.29) is 16.9 Å². The number of amides is 1. The summed E-state index contributed by atoms with van der Waals surface area (Å²) in [5.41, 5.74) is 5.79. The van der Waals surface area contributed by atoms with Gasteiger partial charge in [0.25, 0.3) is 5.91 Å². The van der Waals surface area contributed by atoms with Crippen LogP contribution in [0.5, 0.6) is 0 Å². The molecule has 6 heteroatoms. The molecule has 1 unspecified atom stereocenters. The zero-order valence-corrected chi connectivity index (χ0v) is 23.2. The number of aromatic nitrogens is 2. The maximum Gasteiger partial charge on any atom is 0.290 e. The van der Waals surface area contributed by atoms with Crippen LogP contribution >= 0.6 is 11.6 Å². The number of piperidine rings is 1. The second kappa shape index (κ2) is 9.29. The highest BCUT2D eigenvalue weighted by atomic mass is 35.5. The molecule has 0 aliphatic carbocycles. The lowest BCUT2D eigenvalue weighted by Crippen LogP contribution is -2.52. The number of benzene rings is 1. The smallest absolute Gasteiger partial charge is 0.290 e. The molecule has 1 aliphatic rings. The molecule has 0 bridgehead atoms. The number of hydrogen-bond donors (Lipinski definition) is 0. The Morgan fingerprint density at radius 1 is 1.08 bits per heavy atom. The number of halogens is 1. The molecule has 0 radical (unpaired) electrons. The summed E-state index contributed by atoms with van der Waals surface area (Å²) in [6.07, 6.45) is 1.72. The Morgan fingerprint density at radius 2 is 1.81 bits per heavy atom. The predicted molar refractivity (Wildman–Crippen MR) is 149 cm³/mol. The SMILES string of the molecule is Cc1cccc(C2CCN(C(=O)c3cc4nc(-c5ccc(Cl)cc5)cc(C(C)(C)C)c4o3)C(C)(C)C2)n1. The zero-order chi connectivity index (χ0) is 26.5. The molecule has 4 aromatic rings. The van der Waals surface area contributed by atoms with Crippen LogP contribution in [0, 0.1) is 6.92 Å². The van der Waals surface area contributed by atoms with Gasteiger partial charge in [-0.05, 0) is 69.4 Å². The fourth-order valence-corrected chi connectivity index (χ4v) is 5.54. The first-order valence-corrected chi connectivity index (χ1v) is 13.3. The van der Waals surface area contributed by atoms with Crippen LogP contribution in [0.1, 0.15) is 80.9 Å². The predicted octanol–water partition coefficient (Wildman–Crippen LogP) is 7.95. The Labute approximate surface area is 223 Å². The summed E-state index contributed by atoms with van der Waals surface area (Å²) in [6.45, 7) is 13.4. The molecule has 0 N–H and O–H groups in total. The molecule has 1 aliphatic heterocycles. The van der Waals surface area contributed by atoms with Crippen LogP contribution in [0.25, 0.3) is 22.4 Å². The van der Waals surface area contributed by atoms with Crippen molar-refractivity contribution in [3.8, 4) is 11.3 Å². The number of nitrogens with zero attached hydrogens (tertiary/aromatic N) is 3. The Bertz CT molecular complexity index is 1460. The second-order valence-electron chi connectivity index (χ2n) is 11.8. The van der Waals surface area contributed by atoms with Gasteiger partial charge < -0.3 is 9.32 Å². The second-order valence-corrected chi connectivity index (χ2v) is 12.2. The van der Waals surface area contributed by atoms with E-state index < -0.39 is 0 Å². The lowest BCUT2D eigenvalue weighted by Gasteiger charge is -2.45. The normalized spacial score (nSPS) is 17.8. The lowest BCUT2D eigenvalue weighted by atomic mass is 9.80. The maximum atomic E-state index is 13.8. The molecule has 1 aromatic carbocycles. The van der Waals surface area contributed by atoms with Crippen LogP contribution < -0.4 is 0 Å². The van der Waals surface area contributed by atoms with Gasteiger partial charge in [-0.15, -0.1) is 0 Å². The van der Waals surface area contributed by atoms with Gasteiger partial charge in [-0.2, -0.15) is 0 Å². The first kappa shape index (κ1) is 25.5. The van der Waals surface area contributed by atoms with Crippen molar-refractivity contribution < 1.29 is 9.21 Å². The summed E-state index contributed by atoms with van der Waals surface area (Å²) in [4.78, 5) is 25.4. The molecular formula is C31H34ClN3O2. The molecule has 1 atom stereocenters. The van der Waals surface area contributed by atoms with Crippen molar-refractivity contribution in [3.63, 3.8) is 0 Å². The van der Waals surface area contributed by atoms with Crippen molar-refractivity contribution >= 4 is 28.6 Å². The van der Waals surface area contributed by atoms with Gasteiger partial charge in [0.15, 0.2) is 11.3 Å². The summed E-state index contributed by atoms with van der Waals surface area (Å²) in [5, 5.41) is 0.682. The highest BCUT2D eigenvalue weighted by Gasteiger charge is 2.40. The minimum absolute atomic E-state index is 0.0912. The van der Waals surface area contributed by atoms with Crippen molar-refractivity contribution in [3.05, 3.63) is 82.3 Å². The summed E-state index contributed by atoms with van der Waals surface area (Å²) in [6, 6.07) is 17.7. The number of aryl methyl sites for hydroxylation is 1. The van der Waals surface area contributed by atoms with Crippen LogP contribution in [0.3, 0.4) is 0 Å². The van der Waals surface area contributed by atoms with Gasteiger partial charge in [-0.1, -0.05) is 50.6 Å². The number of likely N-dealkylation sites (tertiary alicyclic amines) is 1. The van der Waals surface area contributed by atoms with Gasteiger partial charge in [0, 0.05) is 51.6 Å². The molecule has 4 heterocycles. The third-order valence-electron chi connectivity index (χ3n) is 7.39. The number of carbonyl (C=O) groups is 1. The minimum atomic E-state index is -0.334. The van der Waals surface area contributed by atoms with Gasteiger partial charge in [0.1, 0.15) is 5.52 Å². The van der Waals surface area contributed by atoms with E-state index in [1.807, 2.05) is 42.2 Å². The quantitative estimate of drug-likeness (QED) is 0.278. The molecule has 1 fully saturated rings. The fourth-order valence-electron chi connectivity index (χ4n) is 5.41. The number of carbonyl (C=O) groups excluding carboxylic acids is 1. The summed E-state index contributed by atoms with van der Waals surface area (Å²) >= 11 is 6.10. The molecular weight excluding hydrogens is 482 g/mol. The standard InChI is InChI=1S/C31H34ClN3O2/c1-19-8-7-9-24(33-19)21-14-15-35(31(5,6)18-21)29(36)27-17-26-28(37-27)23(30(2,3)4)16-25(34-26)20-10-12-22(32)13-11-20/h7-13,16-17,21H,14-15,18H2,1-6H3. The van der Waals surface area contributed by atoms with Crippen molar-refractivity contribution in [2.24, 2.45) is 0 Å². The Kier molecular flexibility index (Phi) is 6.39. The average Bonchev–Trinajstić information content (AvgIpc) is 3.26. The Morgan fingerprint density at radius 3 is 2.46 bits per heavy atom. The van der Waals surface area contributed by atoms with Gasteiger partial charge >= 0.3 is 0 Å². The van der Waals surface area contributed by atoms with E-state index in [0.717, 1.165) is 41.1 Å². The topological polar surface area (TPSA) is 59.2 Å². The molecule has 37 heavy (non-hydrogen) atoms. The maximum absolute atomic E-state index is 13.8. The molecule has 1 amide bonds. The third kappa shape index (κ3) is 5.02. The summed E-state index contributed by atoms with van der Waals surface area (Å²) in [7, 11) is 0. The Balaban J connectivity index is 1.49. The molecule has 5 nitrogen and oxygen atoms in total. The van der Waals surface area contributed by atoms with Crippen molar-refractivity contribution in [1.82, 2.24) is 14.9 Å². The van der Waals surface area contributed by atoms with Gasteiger partial charge in [0.05, 0.1) is 5.69 Å². The van der Waals surface area contributed by atoms with Crippen molar-refractivity contribution in [2.75, 3.05) is 6.54 Å². The molecule has 0 spiro atoms. The van der Waals surface area contributed by atoms with E-state index in [4.69, 9.17) is 26.0 Å². The third-order valence-corrected chi connectivity index (χ3v) is 7.64. The monoisotopic (exact) mass is 515 g/mol. The largest absolute Gasteiger partial charge is 0.449 e. The summed E-state index contributed by atoms with van der Waals surface area (Å²) in [5.74, 6) is 0.568. The molecule has 3 aromatic heterocycles. The number of hydrogen-bond acceptors (Lipinski definition) is 4. The highest BCUT2D eigenvalue weighted by molar-refractivity contribution is 6.30. The number of rotatable bonds is 3. The van der Waals surface area contributed by atoms with Crippen molar-refractivity contribution in [2.45, 2.75) is 71.3 Å². The van der Waals surface area contributed by atoms with E-state index in [1.54, 1.807) is 6.07 Å². The molecule has 5 rings (SSSR count). The van der Waals surface area contributed by atoms with Crippen molar-refractivity contribution in [1.29, 1.82) is 0 Å².